The standard InChI is InChI=1S/C14H14N2O2S/c1-18-9-10-4-2-5-11(8-10)16-13(17)12-6-3-7-15-14(12)19/h2-8H,9H2,1H3,(H,15,19)(H,16,17). The van der Waals surface area contributed by atoms with Gasteiger partial charge in [-0.15, -0.1) is 0 Å². The van der Waals surface area contributed by atoms with Crippen molar-refractivity contribution in [3.63, 3.8) is 0 Å². The Kier molecular flexibility index (Phi) is 4.43. The molecular formula is C14H14N2O2S. The van der Waals surface area contributed by atoms with Gasteiger partial charge in [0.05, 0.1) is 12.2 Å². The van der Waals surface area contributed by atoms with Crippen LogP contribution in [0.2, 0.25) is 0 Å². The molecule has 98 valence electrons. The summed E-state index contributed by atoms with van der Waals surface area (Å²) in [5.41, 5.74) is 2.17. The van der Waals surface area contributed by atoms with Crippen LogP contribution in [0.1, 0.15) is 15.9 Å². The molecule has 0 radical (unpaired) electrons. The highest BCUT2D eigenvalue weighted by Crippen LogP contribution is 2.13. The maximum atomic E-state index is 12.1. The first-order valence-corrected chi connectivity index (χ1v) is 6.18. The summed E-state index contributed by atoms with van der Waals surface area (Å²) in [7, 11) is 1.63. The number of hydrogen-bond donors (Lipinski definition) is 2. The van der Waals surface area contributed by atoms with Crippen LogP contribution in [0.4, 0.5) is 5.69 Å². The average molecular weight is 274 g/mol. The third-order valence-electron chi connectivity index (χ3n) is 2.56. The molecule has 0 aliphatic heterocycles. The van der Waals surface area contributed by atoms with Gasteiger partial charge in [-0.1, -0.05) is 24.4 Å². The van der Waals surface area contributed by atoms with Gasteiger partial charge in [-0.05, 0) is 29.8 Å². The molecule has 2 N–H and O–H groups in total. The summed E-state index contributed by atoms with van der Waals surface area (Å²) in [6, 6.07) is 10.9. The van der Waals surface area contributed by atoms with Crippen molar-refractivity contribution in [2.75, 3.05) is 12.4 Å². The number of pyridine rings is 1. The van der Waals surface area contributed by atoms with Crippen LogP contribution in [0.25, 0.3) is 0 Å². The highest BCUT2D eigenvalue weighted by Gasteiger charge is 2.07. The first kappa shape index (κ1) is 13.5. The molecule has 19 heavy (non-hydrogen) atoms. The van der Waals surface area contributed by atoms with E-state index in [9.17, 15) is 4.79 Å². The Bertz CT molecular complexity index is 637. The van der Waals surface area contributed by atoms with Gasteiger partial charge >= 0.3 is 0 Å². The van der Waals surface area contributed by atoms with E-state index in [0.29, 0.717) is 16.8 Å². The number of H-pyrrole nitrogens is 1. The summed E-state index contributed by atoms with van der Waals surface area (Å²) in [4.78, 5) is 14.9. The number of aromatic nitrogens is 1. The number of methoxy groups -OCH3 is 1. The smallest absolute Gasteiger partial charge is 0.258 e. The molecule has 2 aromatic rings. The zero-order chi connectivity index (χ0) is 13.7. The maximum Gasteiger partial charge on any atom is 0.258 e. The first-order valence-electron chi connectivity index (χ1n) is 5.77. The lowest BCUT2D eigenvalue weighted by Gasteiger charge is -2.07. The van der Waals surface area contributed by atoms with Crippen molar-refractivity contribution >= 4 is 23.8 Å². The van der Waals surface area contributed by atoms with E-state index in [1.807, 2.05) is 24.3 Å². The van der Waals surface area contributed by atoms with Crippen LogP contribution in [-0.2, 0) is 11.3 Å². The third-order valence-corrected chi connectivity index (χ3v) is 2.90. The highest BCUT2D eigenvalue weighted by molar-refractivity contribution is 7.71. The molecule has 1 heterocycles. The zero-order valence-electron chi connectivity index (χ0n) is 10.5. The van der Waals surface area contributed by atoms with E-state index in [2.05, 4.69) is 10.3 Å². The fourth-order valence-electron chi connectivity index (χ4n) is 1.70. The van der Waals surface area contributed by atoms with Gasteiger partial charge in [-0.25, -0.2) is 0 Å². The van der Waals surface area contributed by atoms with Crippen LogP contribution in [0.5, 0.6) is 0 Å². The molecule has 1 aromatic heterocycles. The molecule has 0 saturated heterocycles. The number of benzene rings is 1. The van der Waals surface area contributed by atoms with Crippen LogP contribution in [0, 0.1) is 4.64 Å². The minimum Gasteiger partial charge on any atom is -0.380 e. The number of aromatic amines is 1. The average Bonchev–Trinajstić information content (AvgIpc) is 2.40. The minimum absolute atomic E-state index is 0.226. The number of carbonyl (C=O) groups excluding carboxylic acids is 1. The first-order chi connectivity index (χ1) is 9.20. The van der Waals surface area contributed by atoms with Crippen molar-refractivity contribution in [1.82, 2.24) is 4.98 Å². The van der Waals surface area contributed by atoms with Gasteiger partial charge in [-0.2, -0.15) is 0 Å². The number of nitrogens with one attached hydrogen (secondary N) is 2. The summed E-state index contributed by atoms with van der Waals surface area (Å²) in [6.45, 7) is 0.509. The van der Waals surface area contributed by atoms with Gasteiger partial charge < -0.3 is 15.0 Å². The number of hydrogen-bond acceptors (Lipinski definition) is 3. The Morgan fingerprint density at radius 1 is 1.37 bits per heavy atom. The lowest BCUT2D eigenvalue weighted by molar-refractivity contribution is 0.102. The molecule has 0 bridgehead atoms. The van der Waals surface area contributed by atoms with Crippen LogP contribution in [0.15, 0.2) is 42.6 Å². The minimum atomic E-state index is -0.226. The summed E-state index contributed by atoms with van der Waals surface area (Å²) in [6.07, 6.45) is 1.69. The number of rotatable bonds is 4. The van der Waals surface area contributed by atoms with Crippen molar-refractivity contribution in [3.8, 4) is 0 Å². The van der Waals surface area contributed by atoms with Crippen molar-refractivity contribution in [1.29, 1.82) is 0 Å². The molecule has 1 amide bonds. The molecule has 0 fully saturated rings. The molecule has 5 heteroatoms. The normalized spacial score (nSPS) is 10.2. The molecule has 0 aliphatic carbocycles. The van der Waals surface area contributed by atoms with E-state index in [4.69, 9.17) is 17.0 Å². The van der Waals surface area contributed by atoms with Crippen molar-refractivity contribution < 1.29 is 9.53 Å². The van der Waals surface area contributed by atoms with Gasteiger partial charge in [0.25, 0.3) is 5.91 Å². The molecule has 0 aliphatic rings. The zero-order valence-corrected chi connectivity index (χ0v) is 11.3. The molecule has 0 spiro atoms. The topological polar surface area (TPSA) is 54.1 Å². The van der Waals surface area contributed by atoms with E-state index in [1.165, 1.54) is 0 Å². The Hall–Kier alpha value is -1.98. The third kappa shape index (κ3) is 3.49. The number of anilines is 1. The van der Waals surface area contributed by atoms with Crippen LogP contribution in [-0.4, -0.2) is 18.0 Å². The van der Waals surface area contributed by atoms with Gasteiger partial charge in [0.15, 0.2) is 0 Å². The summed E-state index contributed by atoms with van der Waals surface area (Å²) in [5, 5.41) is 2.82. The molecule has 4 nitrogen and oxygen atoms in total. The SMILES string of the molecule is COCc1cccc(NC(=O)c2ccc[nH]c2=S)c1. The van der Waals surface area contributed by atoms with Gasteiger partial charge in [0.2, 0.25) is 0 Å². The summed E-state index contributed by atoms with van der Waals surface area (Å²) >= 11 is 5.08. The Labute approximate surface area is 116 Å². The van der Waals surface area contributed by atoms with Crippen molar-refractivity contribution in [3.05, 3.63) is 58.4 Å². The molecule has 0 unspecified atom stereocenters. The van der Waals surface area contributed by atoms with Gasteiger partial charge in [0, 0.05) is 19.0 Å². The van der Waals surface area contributed by atoms with E-state index in [1.54, 1.807) is 25.4 Å². The largest absolute Gasteiger partial charge is 0.380 e. The van der Waals surface area contributed by atoms with Crippen LogP contribution < -0.4 is 5.32 Å². The number of ether oxygens (including phenoxy) is 1. The van der Waals surface area contributed by atoms with Crippen LogP contribution >= 0.6 is 12.2 Å². The molecule has 1 aromatic carbocycles. The van der Waals surface area contributed by atoms with E-state index < -0.39 is 0 Å². The Morgan fingerprint density at radius 3 is 2.95 bits per heavy atom. The number of carbonyl (C=O) groups is 1. The van der Waals surface area contributed by atoms with Crippen molar-refractivity contribution in [2.24, 2.45) is 0 Å². The Morgan fingerprint density at radius 2 is 2.21 bits per heavy atom. The second-order valence-corrected chi connectivity index (χ2v) is 4.41. The highest BCUT2D eigenvalue weighted by atomic mass is 32.1. The fraction of sp³-hybridized carbons (Fsp3) is 0.143. The van der Waals surface area contributed by atoms with Crippen LogP contribution in [0.3, 0.4) is 0 Å². The maximum absolute atomic E-state index is 12.1. The molecular weight excluding hydrogens is 260 g/mol. The van der Waals surface area contributed by atoms with Gasteiger partial charge in [-0.3, -0.25) is 4.79 Å². The predicted molar refractivity (Wildman–Crippen MR) is 76.7 cm³/mol. The summed E-state index contributed by atoms with van der Waals surface area (Å²) in [5.74, 6) is -0.226. The fourth-order valence-corrected chi connectivity index (χ4v) is 1.93. The Balaban J connectivity index is 2.17. The van der Waals surface area contributed by atoms with Gasteiger partial charge in [0.1, 0.15) is 4.64 Å². The molecule has 0 saturated carbocycles. The quantitative estimate of drug-likeness (QED) is 0.842. The van der Waals surface area contributed by atoms with Crippen molar-refractivity contribution in [2.45, 2.75) is 6.61 Å². The summed E-state index contributed by atoms with van der Waals surface area (Å²) < 4.78 is 5.48. The lowest BCUT2D eigenvalue weighted by Crippen LogP contribution is -2.13. The van der Waals surface area contributed by atoms with E-state index in [0.717, 1.165) is 11.3 Å². The molecule has 0 atom stereocenters. The second kappa shape index (κ2) is 6.26. The van der Waals surface area contributed by atoms with E-state index in [-0.39, 0.29) is 5.91 Å². The lowest BCUT2D eigenvalue weighted by atomic mass is 10.2. The monoisotopic (exact) mass is 274 g/mol. The predicted octanol–water partition coefficient (Wildman–Crippen LogP) is 3.14. The second-order valence-electron chi connectivity index (χ2n) is 4.00. The van der Waals surface area contributed by atoms with E-state index >= 15 is 0 Å². The number of amides is 1. The molecule has 2 rings (SSSR count).